The molecule has 130 valence electrons. The van der Waals surface area contributed by atoms with E-state index in [-0.39, 0.29) is 17.9 Å². The van der Waals surface area contributed by atoms with E-state index in [0.717, 1.165) is 12.8 Å². The molecule has 2 aliphatic heterocycles. The molecule has 6 heteroatoms. The van der Waals surface area contributed by atoms with Gasteiger partial charge in [0.1, 0.15) is 0 Å². The molecule has 2 heterocycles. The first-order chi connectivity index (χ1) is 11.5. The van der Waals surface area contributed by atoms with E-state index in [1.165, 1.54) is 0 Å². The number of rotatable bonds is 2. The molecule has 6 nitrogen and oxygen atoms in total. The Morgan fingerprint density at radius 3 is 2.83 bits per heavy atom. The van der Waals surface area contributed by atoms with Gasteiger partial charge in [0.25, 0.3) is 11.8 Å². The first kappa shape index (κ1) is 16.8. The number of β-amino-alcohol motifs (C(OH)–C–C–N with tert-alkyl or cyclic N) is 1. The van der Waals surface area contributed by atoms with Crippen LogP contribution in [-0.4, -0.2) is 65.0 Å². The molecule has 1 aromatic rings. The predicted octanol–water partition coefficient (Wildman–Crippen LogP) is 1.56. The zero-order valence-electron chi connectivity index (χ0n) is 14.3. The molecule has 1 saturated heterocycles. The minimum atomic E-state index is -0.442. The lowest BCUT2D eigenvalue weighted by Crippen LogP contribution is -2.42. The summed E-state index contributed by atoms with van der Waals surface area (Å²) in [6.07, 6.45) is 1.12. The van der Waals surface area contributed by atoms with Crippen molar-refractivity contribution in [2.45, 2.75) is 38.8 Å². The van der Waals surface area contributed by atoms with Crippen LogP contribution in [0.3, 0.4) is 0 Å². The maximum absolute atomic E-state index is 12.7. The Morgan fingerprint density at radius 1 is 1.33 bits per heavy atom. The Bertz CT molecular complexity index is 644. The number of carbonyl (C=O) groups is 2. The van der Waals surface area contributed by atoms with Gasteiger partial charge in [0.15, 0.2) is 0 Å². The number of nitrogens with one attached hydrogen (secondary N) is 1. The van der Waals surface area contributed by atoms with Gasteiger partial charge < -0.3 is 20.2 Å². The molecule has 1 fully saturated rings. The molecule has 0 aromatic heterocycles. The lowest BCUT2D eigenvalue weighted by atomic mass is 10.0. The van der Waals surface area contributed by atoms with Crippen molar-refractivity contribution in [1.82, 2.24) is 9.80 Å². The average molecular weight is 331 g/mol. The summed E-state index contributed by atoms with van der Waals surface area (Å²) in [7, 11) is 0. The topological polar surface area (TPSA) is 72.9 Å². The third-order valence-electron chi connectivity index (χ3n) is 4.73. The van der Waals surface area contributed by atoms with Gasteiger partial charge in [0.05, 0.1) is 11.7 Å². The standard InChI is InChI=1S/C18H25N3O3/c1-12(2)21-9-7-19-16-10-13(5-6-15(16)18(21)24)17(23)20-8-3-4-14(22)11-20/h5-6,10,12,14,19,22H,3-4,7-9,11H2,1-2H3. The van der Waals surface area contributed by atoms with E-state index in [2.05, 4.69) is 5.32 Å². The van der Waals surface area contributed by atoms with E-state index in [0.29, 0.717) is 43.0 Å². The van der Waals surface area contributed by atoms with Gasteiger partial charge in [-0.2, -0.15) is 0 Å². The van der Waals surface area contributed by atoms with E-state index >= 15 is 0 Å². The summed E-state index contributed by atoms with van der Waals surface area (Å²) in [5.41, 5.74) is 1.88. The van der Waals surface area contributed by atoms with Crippen LogP contribution in [0.4, 0.5) is 5.69 Å². The first-order valence-electron chi connectivity index (χ1n) is 8.63. The number of aliphatic hydroxyl groups is 1. The molecule has 0 bridgehead atoms. The average Bonchev–Trinajstić information content (AvgIpc) is 2.73. The molecule has 0 aliphatic carbocycles. The summed E-state index contributed by atoms with van der Waals surface area (Å²) < 4.78 is 0. The van der Waals surface area contributed by atoms with E-state index in [4.69, 9.17) is 0 Å². The fourth-order valence-corrected chi connectivity index (χ4v) is 3.39. The van der Waals surface area contributed by atoms with Crippen molar-refractivity contribution in [2.24, 2.45) is 0 Å². The van der Waals surface area contributed by atoms with Gasteiger partial charge in [-0.25, -0.2) is 0 Å². The molecule has 1 atom stereocenters. The number of amides is 2. The molecule has 1 aromatic carbocycles. The normalized spacial score (nSPS) is 21.3. The van der Waals surface area contributed by atoms with E-state index < -0.39 is 6.10 Å². The zero-order valence-corrected chi connectivity index (χ0v) is 14.3. The van der Waals surface area contributed by atoms with Crippen molar-refractivity contribution in [2.75, 3.05) is 31.5 Å². The van der Waals surface area contributed by atoms with Crippen molar-refractivity contribution in [3.05, 3.63) is 29.3 Å². The second-order valence-corrected chi connectivity index (χ2v) is 6.83. The van der Waals surface area contributed by atoms with Gasteiger partial charge >= 0.3 is 0 Å². The number of nitrogens with zero attached hydrogens (tertiary/aromatic N) is 2. The van der Waals surface area contributed by atoms with E-state index in [1.807, 2.05) is 18.7 Å². The third-order valence-corrected chi connectivity index (χ3v) is 4.73. The highest BCUT2D eigenvalue weighted by Crippen LogP contribution is 2.24. The Hall–Kier alpha value is -2.08. The van der Waals surface area contributed by atoms with Crippen LogP contribution >= 0.6 is 0 Å². The van der Waals surface area contributed by atoms with Crippen molar-refractivity contribution in [1.29, 1.82) is 0 Å². The summed E-state index contributed by atoms with van der Waals surface area (Å²) >= 11 is 0. The SMILES string of the molecule is CC(C)N1CCNc2cc(C(=O)N3CCCC(O)C3)ccc2C1=O. The van der Waals surface area contributed by atoms with Crippen LogP contribution in [0.5, 0.6) is 0 Å². The Kier molecular flexibility index (Phi) is 4.76. The molecule has 0 saturated carbocycles. The summed E-state index contributed by atoms with van der Waals surface area (Å²) in [6.45, 7) is 6.36. The van der Waals surface area contributed by atoms with Crippen LogP contribution < -0.4 is 5.32 Å². The quantitative estimate of drug-likeness (QED) is 0.863. The van der Waals surface area contributed by atoms with Gasteiger partial charge in [-0.15, -0.1) is 0 Å². The van der Waals surface area contributed by atoms with Crippen LogP contribution in [0.2, 0.25) is 0 Å². The maximum Gasteiger partial charge on any atom is 0.256 e. The van der Waals surface area contributed by atoms with Crippen molar-refractivity contribution in [3.63, 3.8) is 0 Å². The van der Waals surface area contributed by atoms with Gasteiger partial charge in [-0.05, 0) is 44.9 Å². The molecule has 24 heavy (non-hydrogen) atoms. The largest absolute Gasteiger partial charge is 0.391 e. The smallest absolute Gasteiger partial charge is 0.256 e. The minimum absolute atomic E-state index is 0.00241. The number of hydrogen-bond acceptors (Lipinski definition) is 4. The molecule has 3 rings (SSSR count). The fourth-order valence-electron chi connectivity index (χ4n) is 3.39. The molecular weight excluding hydrogens is 306 g/mol. The van der Waals surface area contributed by atoms with E-state index in [9.17, 15) is 14.7 Å². The van der Waals surface area contributed by atoms with Crippen LogP contribution in [0.1, 0.15) is 47.4 Å². The number of aliphatic hydroxyl groups excluding tert-OH is 1. The van der Waals surface area contributed by atoms with Gasteiger partial charge in [0, 0.05) is 43.5 Å². The van der Waals surface area contributed by atoms with E-state index in [1.54, 1.807) is 23.1 Å². The molecule has 0 radical (unpaired) electrons. The Labute approximate surface area is 142 Å². The van der Waals surface area contributed by atoms with Gasteiger partial charge in [-0.3, -0.25) is 9.59 Å². The number of hydrogen-bond donors (Lipinski definition) is 2. The highest BCUT2D eigenvalue weighted by Gasteiger charge is 2.27. The minimum Gasteiger partial charge on any atom is -0.391 e. The second-order valence-electron chi connectivity index (χ2n) is 6.83. The maximum atomic E-state index is 12.7. The van der Waals surface area contributed by atoms with Crippen molar-refractivity contribution >= 4 is 17.5 Å². The predicted molar refractivity (Wildman–Crippen MR) is 92.2 cm³/mol. The molecule has 1 unspecified atom stereocenters. The number of likely N-dealkylation sites (tertiary alicyclic amines) is 1. The van der Waals surface area contributed by atoms with Gasteiger partial charge in [0.2, 0.25) is 0 Å². The summed E-state index contributed by atoms with van der Waals surface area (Å²) in [5, 5.41) is 13.0. The fraction of sp³-hybridized carbons (Fsp3) is 0.556. The lowest BCUT2D eigenvalue weighted by molar-refractivity contribution is 0.0473. The highest BCUT2D eigenvalue weighted by atomic mass is 16.3. The number of carbonyl (C=O) groups excluding carboxylic acids is 2. The third kappa shape index (κ3) is 3.24. The summed E-state index contributed by atoms with van der Waals surface area (Å²) in [5.74, 6) is -0.0897. The van der Waals surface area contributed by atoms with Crippen LogP contribution in [-0.2, 0) is 0 Å². The van der Waals surface area contributed by atoms with Crippen molar-refractivity contribution in [3.8, 4) is 0 Å². The Morgan fingerprint density at radius 2 is 2.12 bits per heavy atom. The number of piperidine rings is 1. The molecule has 2 aliphatic rings. The molecular formula is C18H25N3O3. The van der Waals surface area contributed by atoms with Crippen LogP contribution in [0.15, 0.2) is 18.2 Å². The Balaban J connectivity index is 1.85. The van der Waals surface area contributed by atoms with Crippen molar-refractivity contribution < 1.29 is 14.7 Å². The monoisotopic (exact) mass is 331 g/mol. The molecule has 0 spiro atoms. The van der Waals surface area contributed by atoms with Crippen LogP contribution in [0.25, 0.3) is 0 Å². The van der Waals surface area contributed by atoms with Gasteiger partial charge in [-0.1, -0.05) is 0 Å². The second kappa shape index (κ2) is 6.81. The summed E-state index contributed by atoms with van der Waals surface area (Å²) in [6, 6.07) is 5.35. The van der Waals surface area contributed by atoms with Crippen LogP contribution in [0, 0.1) is 0 Å². The first-order valence-corrected chi connectivity index (χ1v) is 8.63. The number of benzene rings is 1. The summed E-state index contributed by atoms with van der Waals surface area (Å²) in [4.78, 5) is 28.8. The number of fused-ring (bicyclic) bond motifs is 1. The number of anilines is 1. The zero-order chi connectivity index (χ0) is 17.3. The highest BCUT2D eigenvalue weighted by molar-refractivity contribution is 6.03. The molecule has 2 amide bonds. The molecule has 2 N–H and O–H groups in total. The lowest BCUT2D eigenvalue weighted by Gasteiger charge is -2.30.